The SMILES string of the molecule is O=C(Nc1ccc(CNC(=O)c2sccc2OC(F)F)cc1)c1ccncc1. The second-order valence-electron chi connectivity index (χ2n) is 5.56. The maximum atomic E-state index is 12.3. The van der Waals surface area contributed by atoms with E-state index < -0.39 is 12.5 Å². The lowest BCUT2D eigenvalue weighted by Crippen LogP contribution is -2.22. The minimum Gasteiger partial charge on any atom is -0.433 e. The topological polar surface area (TPSA) is 80.3 Å². The van der Waals surface area contributed by atoms with Crippen LogP contribution in [0, 0.1) is 0 Å². The van der Waals surface area contributed by atoms with Crippen LogP contribution in [0.3, 0.4) is 0 Å². The number of aromatic nitrogens is 1. The molecule has 0 unspecified atom stereocenters. The van der Waals surface area contributed by atoms with Gasteiger partial charge in [0.1, 0.15) is 10.6 Å². The van der Waals surface area contributed by atoms with Crippen molar-refractivity contribution in [2.24, 2.45) is 0 Å². The average molecular weight is 403 g/mol. The van der Waals surface area contributed by atoms with Crippen LogP contribution in [0.2, 0.25) is 0 Å². The highest BCUT2D eigenvalue weighted by molar-refractivity contribution is 7.12. The third-order valence-corrected chi connectivity index (χ3v) is 4.55. The number of pyridine rings is 1. The number of hydrogen-bond acceptors (Lipinski definition) is 5. The van der Waals surface area contributed by atoms with Gasteiger partial charge in [0.05, 0.1) is 0 Å². The van der Waals surface area contributed by atoms with Crippen molar-refractivity contribution < 1.29 is 23.1 Å². The van der Waals surface area contributed by atoms with Crippen LogP contribution < -0.4 is 15.4 Å². The number of benzene rings is 1. The van der Waals surface area contributed by atoms with E-state index in [1.165, 1.54) is 23.8 Å². The van der Waals surface area contributed by atoms with Gasteiger partial charge in [-0.25, -0.2) is 0 Å². The van der Waals surface area contributed by atoms with Crippen molar-refractivity contribution in [3.8, 4) is 5.75 Å². The van der Waals surface area contributed by atoms with Crippen LogP contribution in [-0.4, -0.2) is 23.4 Å². The van der Waals surface area contributed by atoms with Crippen molar-refractivity contribution in [3.05, 3.63) is 76.2 Å². The molecular formula is C19H15F2N3O3S. The van der Waals surface area contributed by atoms with Crippen LogP contribution in [0.25, 0.3) is 0 Å². The Kier molecular flexibility index (Phi) is 6.28. The Hall–Kier alpha value is -3.33. The molecule has 0 aliphatic rings. The van der Waals surface area contributed by atoms with Gasteiger partial charge in [-0.05, 0) is 41.3 Å². The number of rotatable bonds is 7. The lowest BCUT2D eigenvalue weighted by molar-refractivity contribution is -0.0498. The Balaban J connectivity index is 1.55. The van der Waals surface area contributed by atoms with Gasteiger partial charge >= 0.3 is 6.61 Å². The minimum absolute atomic E-state index is 0.0848. The summed E-state index contributed by atoms with van der Waals surface area (Å²) in [7, 11) is 0. The molecule has 0 saturated heterocycles. The van der Waals surface area contributed by atoms with Gasteiger partial charge in [-0.3, -0.25) is 14.6 Å². The Bertz CT molecular complexity index is 947. The molecule has 0 spiro atoms. The molecule has 0 bridgehead atoms. The number of hydrogen-bond donors (Lipinski definition) is 2. The molecule has 2 heterocycles. The van der Waals surface area contributed by atoms with Gasteiger partial charge in [0.2, 0.25) is 0 Å². The molecular weight excluding hydrogens is 388 g/mol. The standard InChI is InChI=1S/C19H15F2N3O3S/c20-19(21)27-15-7-10-28-16(15)18(26)23-11-12-1-3-14(4-2-12)24-17(25)13-5-8-22-9-6-13/h1-10,19H,11H2,(H,23,26)(H,24,25). The first kappa shape index (κ1) is 19.4. The van der Waals surface area contributed by atoms with E-state index in [9.17, 15) is 18.4 Å². The zero-order valence-electron chi connectivity index (χ0n) is 14.4. The first-order valence-electron chi connectivity index (χ1n) is 8.14. The van der Waals surface area contributed by atoms with Crippen molar-refractivity contribution in [2.75, 3.05) is 5.32 Å². The number of nitrogens with zero attached hydrogens (tertiary/aromatic N) is 1. The summed E-state index contributed by atoms with van der Waals surface area (Å²) in [4.78, 5) is 28.2. The van der Waals surface area contributed by atoms with E-state index in [0.717, 1.165) is 16.9 Å². The summed E-state index contributed by atoms with van der Waals surface area (Å²) in [6, 6.07) is 11.4. The van der Waals surface area contributed by atoms with E-state index in [1.807, 2.05) is 0 Å². The fourth-order valence-electron chi connectivity index (χ4n) is 2.33. The molecule has 9 heteroatoms. The molecule has 2 amide bonds. The van der Waals surface area contributed by atoms with Crippen LogP contribution in [0.15, 0.2) is 60.2 Å². The van der Waals surface area contributed by atoms with E-state index in [0.29, 0.717) is 11.3 Å². The Morgan fingerprint density at radius 2 is 1.75 bits per heavy atom. The van der Waals surface area contributed by atoms with Crippen LogP contribution in [-0.2, 0) is 6.54 Å². The highest BCUT2D eigenvalue weighted by Gasteiger charge is 2.17. The molecule has 0 aliphatic carbocycles. The second kappa shape index (κ2) is 9.05. The largest absolute Gasteiger partial charge is 0.433 e. The number of anilines is 1. The number of alkyl halides is 2. The molecule has 1 aromatic carbocycles. The van der Waals surface area contributed by atoms with Crippen LogP contribution in [0.4, 0.5) is 14.5 Å². The van der Waals surface area contributed by atoms with E-state index in [4.69, 9.17) is 0 Å². The molecule has 144 valence electrons. The number of amides is 2. The van der Waals surface area contributed by atoms with Gasteiger partial charge in [0, 0.05) is 30.2 Å². The van der Waals surface area contributed by atoms with Crippen molar-refractivity contribution >= 4 is 28.8 Å². The van der Waals surface area contributed by atoms with Gasteiger partial charge in [-0.2, -0.15) is 8.78 Å². The van der Waals surface area contributed by atoms with Gasteiger partial charge in [-0.15, -0.1) is 11.3 Å². The Morgan fingerprint density at radius 3 is 2.43 bits per heavy atom. The molecule has 0 aliphatic heterocycles. The molecule has 0 saturated carbocycles. The van der Waals surface area contributed by atoms with Crippen molar-refractivity contribution in [3.63, 3.8) is 0 Å². The summed E-state index contributed by atoms with van der Waals surface area (Å²) in [6.45, 7) is -2.79. The maximum absolute atomic E-state index is 12.3. The van der Waals surface area contributed by atoms with E-state index >= 15 is 0 Å². The molecule has 2 aromatic heterocycles. The Morgan fingerprint density at radius 1 is 1.04 bits per heavy atom. The zero-order chi connectivity index (χ0) is 19.9. The van der Waals surface area contributed by atoms with Crippen molar-refractivity contribution in [2.45, 2.75) is 13.2 Å². The van der Waals surface area contributed by atoms with Crippen molar-refractivity contribution in [1.82, 2.24) is 10.3 Å². The third-order valence-electron chi connectivity index (χ3n) is 3.66. The first-order chi connectivity index (χ1) is 13.5. The zero-order valence-corrected chi connectivity index (χ0v) is 15.2. The number of halogens is 2. The van der Waals surface area contributed by atoms with Gasteiger partial charge in [-0.1, -0.05) is 12.1 Å². The highest BCUT2D eigenvalue weighted by atomic mass is 32.1. The maximum Gasteiger partial charge on any atom is 0.387 e. The molecule has 28 heavy (non-hydrogen) atoms. The normalized spacial score (nSPS) is 10.5. The Labute approximate surface area is 163 Å². The van der Waals surface area contributed by atoms with Crippen LogP contribution in [0.1, 0.15) is 25.6 Å². The summed E-state index contributed by atoms with van der Waals surface area (Å²) in [5.41, 5.74) is 1.87. The average Bonchev–Trinajstić information content (AvgIpc) is 3.15. The second-order valence-corrected chi connectivity index (χ2v) is 6.48. The smallest absolute Gasteiger partial charge is 0.387 e. The lowest BCUT2D eigenvalue weighted by atomic mass is 10.2. The molecule has 0 fully saturated rings. The summed E-state index contributed by atoms with van der Waals surface area (Å²) >= 11 is 1.02. The number of thiophene rings is 1. The van der Waals surface area contributed by atoms with E-state index in [1.54, 1.807) is 36.4 Å². The summed E-state index contributed by atoms with van der Waals surface area (Å²) in [5, 5.41) is 6.92. The summed E-state index contributed by atoms with van der Waals surface area (Å²) < 4.78 is 29.0. The molecule has 2 N–H and O–H groups in total. The van der Waals surface area contributed by atoms with E-state index in [-0.39, 0.29) is 23.1 Å². The quantitative estimate of drug-likeness (QED) is 0.627. The van der Waals surface area contributed by atoms with Crippen LogP contribution >= 0.6 is 11.3 Å². The highest BCUT2D eigenvalue weighted by Crippen LogP contribution is 2.26. The predicted molar refractivity (Wildman–Crippen MR) is 101 cm³/mol. The number of carbonyl (C=O) groups excluding carboxylic acids is 2. The van der Waals surface area contributed by atoms with Gasteiger partial charge < -0.3 is 15.4 Å². The predicted octanol–water partition coefficient (Wildman–Crippen LogP) is 3.93. The number of nitrogens with one attached hydrogen (secondary N) is 2. The minimum atomic E-state index is -2.99. The monoisotopic (exact) mass is 403 g/mol. The lowest BCUT2D eigenvalue weighted by Gasteiger charge is -2.09. The molecule has 0 atom stereocenters. The summed E-state index contributed by atoms with van der Waals surface area (Å²) in [5.74, 6) is -0.903. The third kappa shape index (κ3) is 5.10. The number of ether oxygens (including phenoxy) is 1. The fraction of sp³-hybridized carbons (Fsp3) is 0.105. The molecule has 6 nitrogen and oxygen atoms in total. The van der Waals surface area contributed by atoms with Gasteiger partial charge in [0.25, 0.3) is 11.8 Å². The van der Waals surface area contributed by atoms with Gasteiger partial charge in [0.15, 0.2) is 0 Å². The van der Waals surface area contributed by atoms with Crippen molar-refractivity contribution in [1.29, 1.82) is 0 Å². The molecule has 0 radical (unpaired) electrons. The van der Waals surface area contributed by atoms with Crippen LogP contribution in [0.5, 0.6) is 5.75 Å². The van der Waals surface area contributed by atoms with E-state index in [2.05, 4.69) is 20.4 Å². The fourth-order valence-corrected chi connectivity index (χ4v) is 3.07. The first-order valence-corrected chi connectivity index (χ1v) is 9.01. The molecule has 3 aromatic rings. The number of carbonyl (C=O) groups is 2. The summed E-state index contributed by atoms with van der Waals surface area (Å²) in [6.07, 6.45) is 3.07. The molecule has 3 rings (SSSR count).